The fraction of sp³-hybridized carbons (Fsp3) is 0.320. The number of hydrogen-bond donors (Lipinski definition) is 2. The molecule has 0 aliphatic heterocycles. The molecule has 2 aromatic rings. The largest absolute Gasteiger partial charge is 0.497 e. The van der Waals surface area contributed by atoms with Crippen molar-refractivity contribution < 1.29 is 19.1 Å². The maximum absolute atomic E-state index is 12.4. The normalized spacial score (nSPS) is 14.2. The Morgan fingerprint density at radius 1 is 1.03 bits per heavy atom. The Balaban J connectivity index is 1.53. The number of anilines is 1. The van der Waals surface area contributed by atoms with Gasteiger partial charge in [-0.1, -0.05) is 31.4 Å². The summed E-state index contributed by atoms with van der Waals surface area (Å²) >= 11 is 0. The maximum atomic E-state index is 12.4. The van der Waals surface area contributed by atoms with Gasteiger partial charge in [-0.05, 0) is 60.9 Å². The molecule has 1 saturated carbocycles. The standard InChI is InChI=1S/C25H27N3O4/c1-31-22-13-9-21(10-14-22)28-25(30)19(16-26)15-18-7-11-23(12-8-18)32-17-24(29)27-20-5-3-2-4-6-20/h7-15,20H,2-6,17H2,1H3,(H,27,29)(H,28,30)/b19-15+. The lowest BCUT2D eigenvalue weighted by atomic mass is 9.95. The Bertz CT molecular complexity index is 985. The minimum absolute atomic E-state index is 0.0265. The van der Waals surface area contributed by atoms with E-state index >= 15 is 0 Å². The summed E-state index contributed by atoms with van der Waals surface area (Å²) in [6.45, 7) is -0.0423. The molecule has 0 unspecified atom stereocenters. The molecule has 0 bridgehead atoms. The van der Waals surface area contributed by atoms with Crippen molar-refractivity contribution in [1.82, 2.24) is 5.32 Å². The summed E-state index contributed by atoms with van der Waals surface area (Å²) in [5, 5.41) is 15.1. The van der Waals surface area contributed by atoms with Crippen LogP contribution in [0.15, 0.2) is 54.1 Å². The van der Waals surface area contributed by atoms with Crippen LogP contribution in [0.5, 0.6) is 11.5 Å². The highest BCUT2D eigenvalue weighted by molar-refractivity contribution is 6.09. The number of carbonyl (C=O) groups excluding carboxylic acids is 2. The van der Waals surface area contributed by atoms with E-state index in [9.17, 15) is 14.9 Å². The van der Waals surface area contributed by atoms with E-state index in [1.54, 1.807) is 55.6 Å². The number of nitrogens with zero attached hydrogens (tertiary/aromatic N) is 1. The van der Waals surface area contributed by atoms with Crippen molar-refractivity contribution in [2.24, 2.45) is 0 Å². The highest BCUT2D eigenvalue weighted by Gasteiger charge is 2.16. The van der Waals surface area contributed by atoms with Crippen LogP contribution in [0.2, 0.25) is 0 Å². The molecule has 2 N–H and O–H groups in total. The van der Waals surface area contributed by atoms with Crippen LogP contribution in [0.25, 0.3) is 6.08 Å². The second-order valence-electron chi connectivity index (χ2n) is 7.61. The number of carbonyl (C=O) groups is 2. The van der Waals surface area contributed by atoms with Crippen LogP contribution < -0.4 is 20.1 Å². The zero-order valence-corrected chi connectivity index (χ0v) is 18.1. The average molecular weight is 434 g/mol. The van der Waals surface area contributed by atoms with Crippen molar-refractivity contribution in [2.45, 2.75) is 38.1 Å². The molecule has 7 nitrogen and oxygen atoms in total. The first-order valence-electron chi connectivity index (χ1n) is 10.7. The van der Waals surface area contributed by atoms with Crippen LogP contribution in [-0.4, -0.2) is 31.6 Å². The van der Waals surface area contributed by atoms with Gasteiger partial charge < -0.3 is 20.1 Å². The number of hydrogen-bond acceptors (Lipinski definition) is 5. The van der Waals surface area contributed by atoms with Crippen molar-refractivity contribution in [3.05, 3.63) is 59.7 Å². The molecule has 0 atom stereocenters. The van der Waals surface area contributed by atoms with Crippen molar-refractivity contribution in [2.75, 3.05) is 19.0 Å². The van der Waals surface area contributed by atoms with Crippen molar-refractivity contribution >= 4 is 23.6 Å². The Kier molecular flexibility index (Phi) is 8.27. The Morgan fingerprint density at radius 3 is 2.31 bits per heavy atom. The first-order valence-corrected chi connectivity index (χ1v) is 10.7. The van der Waals surface area contributed by atoms with Gasteiger partial charge in [-0.25, -0.2) is 0 Å². The van der Waals surface area contributed by atoms with E-state index in [4.69, 9.17) is 9.47 Å². The molecule has 0 saturated heterocycles. The number of rotatable bonds is 8. The maximum Gasteiger partial charge on any atom is 0.266 e. The Hall–Kier alpha value is -3.79. The average Bonchev–Trinajstić information content (AvgIpc) is 2.83. The highest BCUT2D eigenvalue weighted by atomic mass is 16.5. The molecule has 7 heteroatoms. The Morgan fingerprint density at radius 2 is 1.69 bits per heavy atom. The molecule has 0 aromatic heterocycles. The van der Waals surface area contributed by atoms with Crippen LogP contribution in [-0.2, 0) is 9.59 Å². The molecule has 0 radical (unpaired) electrons. The predicted molar refractivity (Wildman–Crippen MR) is 122 cm³/mol. The van der Waals surface area contributed by atoms with Gasteiger partial charge >= 0.3 is 0 Å². The van der Waals surface area contributed by atoms with Gasteiger partial charge in [-0.2, -0.15) is 5.26 Å². The number of ether oxygens (including phenoxy) is 2. The summed E-state index contributed by atoms with van der Waals surface area (Å²) in [4.78, 5) is 24.5. The molecular formula is C25H27N3O4. The summed E-state index contributed by atoms with van der Waals surface area (Å²) in [6, 6.07) is 15.9. The van der Waals surface area contributed by atoms with Gasteiger partial charge in [-0.3, -0.25) is 9.59 Å². The molecule has 1 aliphatic carbocycles. The predicted octanol–water partition coefficient (Wildman–Crippen LogP) is 4.07. The molecule has 0 heterocycles. The minimum Gasteiger partial charge on any atom is -0.497 e. The van der Waals surface area contributed by atoms with Gasteiger partial charge in [0.15, 0.2) is 6.61 Å². The number of amides is 2. The molecule has 3 rings (SSSR count). The fourth-order valence-corrected chi connectivity index (χ4v) is 3.51. The summed E-state index contributed by atoms with van der Waals surface area (Å²) in [5.41, 5.74) is 1.21. The summed E-state index contributed by atoms with van der Waals surface area (Å²) < 4.78 is 10.6. The van der Waals surface area contributed by atoms with E-state index in [1.807, 2.05) is 6.07 Å². The number of methoxy groups -OCH3 is 1. The zero-order valence-electron chi connectivity index (χ0n) is 18.1. The molecule has 0 spiro atoms. The number of benzene rings is 2. The van der Waals surface area contributed by atoms with E-state index in [0.717, 1.165) is 25.7 Å². The van der Waals surface area contributed by atoms with Gasteiger partial charge in [0.25, 0.3) is 11.8 Å². The number of nitrogens with one attached hydrogen (secondary N) is 2. The van der Waals surface area contributed by atoms with Crippen LogP contribution in [0.1, 0.15) is 37.7 Å². The zero-order chi connectivity index (χ0) is 22.8. The monoisotopic (exact) mass is 433 g/mol. The quantitative estimate of drug-likeness (QED) is 0.483. The molecule has 2 aromatic carbocycles. The first-order chi connectivity index (χ1) is 15.6. The third kappa shape index (κ3) is 6.88. The fourth-order valence-electron chi connectivity index (χ4n) is 3.51. The smallest absolute Gasteiger partial charge is 0.266 e. The third-order valence-electron chi connectivity index (χ3n) is 5.24. The first kappa shape index (κ1) is 22.9. The third-order valence-corrected chi connectivity index (χ3v) is 5.24. The Labute approximate surface area is 188 Å². The second kappa shape index (κ2) is 11.6. The minimum atomic E-state index is -0.502. The SMILES string of the molecule is COc1ccc(NC(=O)/C(C#N)=C/c2ccc(OCC(=O)NC3CCCCC3)cc2)cc1. The lowest BCUT2D eigenvalue weighted by Gasteiger charge is -2.22. The lowest BCUT2D eigenvalue weighted by molar-refractivity contribution is -0.124. The lowest BCUT2D eigenvalue weighted by Crippen LogP contribution is -2.38. The van der Waals surface area contributed by atoms with E-state index in [2.05, 4.69) is 10.6 Å². The summed E-state index contributed by atoms with van der Waals surface area (Å²) in [5.74, 6) is 0.593. The van der Waals surface area contributed by atoms with E-state index in [0.29, 0.717) is 22.7 Å². The molecular weight excluding hydrogens is 406 g/mol. The number of nitriles is 1. The molecule has 2 amide bonds. The summed E-state index contributed by atoms with van der Waals surface area (Å²) in [7, 11) is 1.56. The van der Waals surface area contributed by atoms with E-state index in [1.165, 1.54) is 12.5 Å². The van der Waals surface area contributed by atoms with Crippen molar-refractivity contribution in [3.63, 3.8) is 0 Å². The van der Waals surface area contributed by atoms with Crippen molar-refractivity contribution in [3.8, 4) is 17.6 Å². The van der Waals surface area contributed by atoms with Crippen LogP contribution >= 0.6 is 0 Å². The van der Waals surface area contributed by atoms with Gasteiger partial charge in [0, 0.05) is 11.7 Å². The molecule has 32 heavy (non-hydrogen) atoms. The van der Waals surface area contributed by atoms with Crippen molar-refractivity contribution in [1.29, 1.82) is 5.26 Å². The molecule has 1 fully saturated rings. The topological polar surface area (TPSA) is 100 Å². The van der Waals surface area contributed by atoms with Crippen LogP contribution in [0.3, 0.4) is 0 Å². The van der Waals surface area contributed by atoms with Gasteiger partial charge in [-0.15, -0.1) is 0 Å². The van der Waals surface area contributed by atoms with Gasteiger partial charge in [0.1, 0.15) is 23.1 Å². The van der Waals surface area contributed by atoms with E-state index < -0.39 is 5.91 Å². The van der Waals surface area contributed by atoms with E-state index in [-0.39, 0.29) is 24.1 Å². The second-order valence-corrected chi connectivity index (χ2v) is 7.61. The van der Waals surface area contributed by atoms with Crippen LogP contribution in [0.4, 0.5) is 5.69 Å². The summed E-state index contributed by atoms with van der Waals surface area (Å²) in [6.07, 6.45) is 7.10. The molecule has 1 aliphatic rings. The van der Waals surface area contributed by atoms with Gasteiger partial charge in [0.05, 0.1) is 7.11 Å². The highest BCUT2D eigenvalue weighted by Crippen LogP contribution is 2.19. The van der Waals surface area contributed by atoms with Crippen LogP contribution in [0, 0.1) is 11.3 Å². The molecule has 166 valence electrons. The van der Waals surface area contributed by atoms with Gasteiger partial charge in [0.2, 0.25) is 0 Å².